The van der Waals surface area contributed by atoms with E-state index >= 15 is 0 Å². The summed E-state index contributed by atoms with van der Waals surface area (Å²) >= 11 is 0. The van der Waals surface area contributed by atoms with Crippen LogP contribution in [-0.4, -0.2) is 92.8 Å². The van der Waals surface area contributed by atoms with Crippen LogP contribution >= 0.6 is 0 Å². The first-order valence-corrected chi connectivity index (χ1v) is 13.1. The number of aliphatic hydroxyl groups is 4. The van der Waals surface area contributed by atoms with Crippen LogP contribution in [0, 0.1) is 17.8 Å². The lowest BCUT2D eigenvalue weighted by atomic mass is 9.57. The molecule has 0 spiro atoms. The van der Waals surface area contributed by atoms with Crippen LogP contribution < -0.4 is 11.1 Å². The second-order valence-corrected chi connectivity index (χ2v) is 11.3. The molecule has 5 unspecified atom stereocenters. The first kappa shape index (κ1) is 28.8. The maximum absolute atomic E-state index is 13.8. The third kappa shape index (κ3) is 4.73. The number of nitrogens with zero attached hydrogens (tertiary/aromatic N) is 1. The Bertz CT molecular complexity index is 1280. The first-order chi connectivity index (χ1) is 18.2. The predicted octanol–water partition coefficient (Wildman–Crippen LogP) is 0.731. The third-order valence-corrected chi connectivity index (χ3v) is 8.36. The van der Waals surface area contributed by atoms with Crippen molar-refractivity contribution in [3.63, 3.8) is 0 Å². The number of nitrogens with one attached hydrogen (secondary N) is 1. The number of hydrogen-bond acceptors (Lipinski definition) is 10. The van der Waals surface area contributed by atoms with Gasteiger partial charge in [-0.05, 0) is 83.3 Å². The highest BCUT2D eigenvalue weighted by Gasteiger charge is 2.59. The quantitative estimate of drug-likeness (QED) is 0.181. The Labute approximate surface area is 226 Å². The Hall–Kier alpha value is -3.25. The van der Waals surface area contributed by atoms with Gasteiger partial charge in [0.25, 0.3) is 5.91 Å². The molecule has 212 valence electrons. The number of primary amides is 1. The van der Waals surface area contributed by atoms with Crippen molar-refractivity contribution in [2.45, 2.75) is 50.9 Å². The van der Waals surface area contributed by atoms with Gasteiger partial charge in [-0.1, -0.05) is 0 Å². The van der Waals surface area contributed by atoms with Gasteiger partial charge in [-0.2, -0.15) is 0 Å². The zero-order valence-corrected chi connectivity index (χ0v) is 22.6. The molecule has 1 amide bonds. The van der Waals surface area contributed by atoms with Crippen LogP contribution in [0.2, 0.25) is 0 Å². The number of phenolic OH excluding ortho intramolecular Hbond substituents is 1. The van der Waals surface area contributed by atoms with Crippen molar-refractivity contribution >= 4 is 17.5 Å². The fourth-order valence-corrected chi connectivity index (χ4v) is 6.76. The van der Waals surface area contributed by atoms with Gasteiger partial charge in [0, 0.05) is 11.1 Å². The molecule has 0 saturated carbocycles. The molecule has 3 aliphatic rings. The van der Waals surface area contributed by atoms with E-state index in [0.29, 0.717) is 18.5 Å². The number of fused-ring (bicyclic) bond motifs is 3. The van der Waals surface area contributed by atoms with Gasteiger partial charge >= 0.3 is 0 Å². The van der Waals surface area contributed by atoms with Crippen molar-refractivity contribution in [3.05, 3.63) is 51.5 Å². The van der Waals surface area contributed by atoms with Crippen LogP contribution in [0.1, 0.15) is 53.0 Å². The monoisotopic (exact) mass is 543 g/mol. The van der Waals surface area contributed by atoms with Crippen LogP contribution in [0.4, 0.5) is 0 Å². The Morgan fingerprint density at radius 1 is 1.21 bits per heavy atom. The maximum atomic E-state index is 13.8. The van der Waals surface area contributed by atoms with Crippen molar-refractivity contribution in [2.75, 3.05) is 27.2 Å². The zero-order chi connectivity index (χ0) is 29.0. The van der Waals surface area contributed by atoms with Crippen LogP contribution in [-0.2, 0) is 11.2 Å². The summed E-state index contributed by atoms with van der Waals surface area (Å²) in [7, 11) is 3.38. The predicted molar refractivity (Wildman–Crippen MR) is 141 cm³/mol. The van der Waals surface area contributed by atoms with E-state index < -0.39 is 58.5 Å². The lowest BCUT2D eigenvalue weighted by Crippen LogP contribution is -2.59. The molecule has 6 atom stereocenters. The lowest BCUT2D eigenvalue weighted by Gasteiger charge is -2.52. The average molecular weight is 544 g/mol. The molecule has 0 fully saturated rings. The summed E-state index contributed by atoms with van der Waals surface area (Å²) in [5.74, 6) is -5.37. The van der Waals surface area contributed by atoms with Crippen LogP contribution in [0.15, 0.2) is 34.8 Å². The highest BCUT2D eigenvalue weighted by atomic mass is 16.3. The number of Topliss-reactive ketones (excluding diaryl/α,β-unsaturated/α-hetero) is 2. The average Bonchev–Trinajstić information content (AvgIpc) is 2.80. The summed E-state index contributed by atoms with van der Waals surface area (Å²) in [6, 6.07) is 1.97. The maximum Gasteiger partial charge on any atom is 0.251 e. The molecule has 1 aromatic carbocycles. The molecule has 1 aromatic rings. The van der Waals surface area contributed by atoms with Gasteiger partial charge in [0.2, 0.25) is 0 Å². The molecular weight excluding hydrogens is 506 g/mol. The molecule has 11 nitrogen and oxygen atoms in total. The molecule has 3 aliphatic carbocycles. The fraction of sp³-hybridized carbons (Fsp3) is 0.536. The van der Waals surface area contributed by atoms with E-state index in [1.54, 1.807) is 25.9 Å². The second-order valence-electron chi connectivity index (χ2n) is 11.3. The van der Waals surface area contributed by atoms with Crippen LogP contribution in [0.5, 0.6) is 5.75 Å². The van der Waals surface area contributed by atoms with E-state index in [1.807, 2.05) is 0 Å². The highest BCUT2D eigenvalue weighted by Crippen LogP contribution is 2.54. The van der Waals surface area contributed by atoms with Gasteiger partial charge < -0.3 is 36.6 Å². The SMILES string of the molecule is CC(O)CCNCC(=O)c1ccc(O)c2c1CC1CC3C(C(O)=C1C2=O)C(C)(O)C(C(N)=O)=C(O)[C@H]3N(C)C. The molecular formula is C28H37N3O8. The minimum absolute atomic E-state index is 0.0155. The van der Waals surface area contributed by atoms with Gasteiger partial charge in [-0.15, -0.1) is 0 Å². The van der Waals surface area contributed by atoms with E-state index in [9.17, 15) is 39.9 Å². The Morgan fingerprint density at radius 3 is 2.46 bits per heavy atom. The lowest BCUT2D eigenvalue weighted by molar-refractivity contribution is -0.120. The zero-order valence-electron chi connectivity index (χ0n) is 22.6. The first-order valence-electron chi connectivity index (χ1n) is 13.1. The van der Waals surface area contributed by atoms with Gasteiger partial charge in [0.05, 0.1) is 35.7 Å². The summed E-state index contributed by atoms with van der Waals surface area (Å²) in [6.07, 6.45) is 0.370. The molecule has 0 radical (unpaired) electrons. The van der Waals surface area contributed by atoms with Crippen molar-refractivity contribution < 1.29 is 39.9 Å². The number of carbonyl (C=O) groups excluding carboxylic acids is 3. The van der Waals surface area contributed by atoms with E-state index in [2.05, 4.69) is 5.32 Å². The number of amides is 1. The number of aromatic hydroxyl groups is 1. The molecule has 0 bridgehead atoms. The topological polar surface area (TPSA) is 194 Å². The number of nitrogens with two attached hydrogens (primary N) is 1. The number of ketones is 2. The molecule has 0 aliphatic heterocycles. The van der Waals surface area contributed by atoms with E-state index in [-0.39, 0.29) is 53.4 Å². The van der Waals surface area contributed by atoms with Gasteiger partial charge in [0.15, 0.2) is 11.6 Å². The number of carbonyl (C=O) groups is 3. The number of phenols is 1. The van der Waals surface area contributed by atoms with Crippen molar-refractivity contribution in [3.8, 4) is 5.75 Å². The van der Waals surface area contributed by atoms with Gasteiger partial charge in [-0.25, -0.2) is 0 Å². The summed E-state index contributed by atoms with van der Waals surface area (Å²) in [4.78, 5) is 40.9. The van der Waals surface area contributed by atoms with Crippen LogP contribution in [0.3, 0.4) is 0 Å². The normalized spacial score (nSPS) is 29.2. The summed E-state index contributed by atoms with van der Waals surface area (Å²) < 4.78 is 0. The second kappa shape index (κ2) is 10.4. The molecule has 39 heavy (non-hydrogen) atoms. The summed E-state index contributed by atoms with van der Waals surface area (Å²) in [6.45, 7) is 3.33. The van der Waals surface area contributed by atoms with E-state index in [4.69, 9.17) is 5.73 Å². The number of aliphatic hydroxyl groups excluding tert-OH is 3. The Morgan fingerprint density at radius 2 is 1.87 bits per heavy atom. The Kier molecular flexibility index (Phi) is 7.65. The smallest absolute Gasteiger partial charge is 0.251 e. The summed E-state index contributed by atoms with van der Waals surface area (Å²) in [5.41, 5.74) is 3.64. The Balaban J connectivity index is 1.79. The van der Waals surface area contributed by atoms with Crippen molar-refractivity contribution in [2.24, 2.45) is 23.5 Å². The number of rotatable bonds is 8. The van der Waals surface area contributed by atoms with E-state index in [0.717, 1.165) is 0 Å². The van der Waals surface area contributed by atoms with Crippen molar-refractivity contribution in [1.29, 1.82) is 0 Å². The molecule has 0 heterocycles. The van der Waals surface area contributed by atoms with Crippen molar-refractivity contribution in [1.82, 2.24) is 10.2 Å². The van der Waals surface area contributed by atoms with Gasteiger partial charge in [0.1, 0.15) is 22.9 Å². The molecule has 11 heteroatoms. The minimum Gasteiger partial charge on any atom is -0.511 e. The number of hydrogen-bond donors (Lipinski definition) is 7. The largest absolute Gasteiger partial charge is 0.511 e. The number of benzene rings is 1. The standard InChI is InChI=1S/C28H37N3O8/c1-12(32)7-8-30-11-18(34)14-5-6-17(33)20-15(14)9-13-10-16-21(25(36)19(13)24(20)35)28(2,39)22(27(29)38)26(37)23(16)31(3)4/h5-6,12-13,16,21,23,30,32-33,36-37,39H,7-11H2,1-4H3,(H2,29,38)/t12?,13?,16?,21?,23-,28?/m0/s1. The summed E-state index contributed by atoms with van der Waals surface area (Å²) in [5, 5.41) is 57.1. The van der Waals surface area contributed by atoms with Crippen LogP contribution in [0.25, 0.3) is 0 Å². The molecule has 0 saturated heterocycles. The fourth-order valence-electron chi connectivity index (χ4n) is 6.76. The number of allylic oxidation sites excluding steroid dienone is 1. The number of likely N-dealkylation sites (N-methyl/N-ethyl adjacent to an activating group) is 1. The minimum atomic E-state index is -2.06. The molecule has 4 rings (SSSR count). The molecule has 0 aromatic heterocycles. The van der Waals surface area contributed by atoms with E-state index in [1.165, 1.54) is 19.1 Å². The third-order valence-electron chi connectivity index (χ3n) is 8.36. The van der Waals surface area contributed by atoms with Gasteiger partial charge in [-0.3, -0.25) is 19.3 Å². The highest BCUT2D eigenvalue weighted by molar-refractivity contribution is 6.15. The molecule has 8 N–H and O–H groups in total.